The second-order valence-electron chi connectivity index (χ2n) is 4.34. The summed E-state index contributed by atoms with van der Waals surface area (Å²) in [4.78, 5) is 25.9. The van der Waals surface area contributed by atoms with Crippen LogP contribution in [-0.4, -0.2) is 22.3 Å². The number of aromatic amines is 1. The van der Waals surface area contributed by atoms with Crippen molar-refractivity contribution in [3.05, 3.63) is 61.8 Å². The molecule has 0 bridgehead atoms. The summed E-state index contributed by atoms with van der Waals surface area (Å²) in [5.74, 6) is 0.342. The highest BCUT2D eigenvalue weighted by Gasteiger charge is 2.07. The van der Waals surface area contributed by atoms with Gasteiger partial charge in [-0.05, 0) is 13.0 Å². The van der Waals surface area contributed by atoms with Gasteiger partial charge in [-0.15, -0.1) is 0 Å². The number of benzene rings is 1. The molecule has 1 N–H and O–H groups in total. The van der Waals surface area contributed by atoms with Gasteiger partial charge in [-0.3, -0.25) is 14.3 Å². The predicted octanol–water partition coefficient (Wildman–Crippen LogP) is 1.59. The van der Waals surface area contributed by atoms with Crippen LogP contribution in [0.2, 0.25) is 5.02 Å². The summed E-state index contributed by atoms with van der Waals surface area (Å²) < 4.78 is 0.995. The molecule has 6 nitrogen and oxygen atoms in total. The molecule has 1 aromatic carbocycles. The van der Waals surface area contributed by atoms with Crippen molar-refractivity contribution in [3.63, 3.8) is 0 Å². The zero-order valence-electron chi connectivity index (χ0n) is 11.7. The molecule has 2 rings (SSSR count). The first-order chi connectivity index (χ1) is 10.0. The highest BCUT2D eigenvalue weighted by molar-refractivity contribution is 6.33. The minimum atomic E-state index is -0.483. The fourth-order valence-corrected chi connectivity index (χ4v) is 1.89. The van der Waals surface area contributed by atoms with Gasteiger partial charge in [0.25, 0.3) is 5.56 Å². The molecule has 21 heavy (non-hydrogen) atoms. The zero-order chi connectivity index (χ0) is 15.4. The molecule has 0 aliphatic carbocycles. The fraction of sp³-hybridized carbons (Fsp3) is 0.214. The number of nitrogens with one attached hydrogen (secondary N) is 1. The Morgan fingerprint density at radius 3 is 2.71 bits per heavy atom. The number of H-pyrrole nitrogens is 1. The van der Waals surface area contributed by atoms with Crippen LogP contribution in [0.15, 0.2) is 45.0 Å². The maximum atomic E-state index is 11.7. The molecule has 0 unspecified atom stereocenters. The van der Waals surface area contributed by atoms with Crippen LogP contribution in [-0.2, 0) is 7.05 Å². The van der Waals surface area contributed by atoms with Crippen molar-refractivity contribution >= 4 is 23.6 Å². The van der Waals surface area contributed by atoms with Gasteiger partial charge in [0.1, 0.15) is 5.82 Å². The van der Waals surface area contributed by atoms with Gasteiger partial charge in [0, 0.05) is 30.2 Å². The fourth-order valence-electron chi connectivity index (χ4n) is 1.71. The molecule has 7 heteroatoms. The van der Waals surface area contributed by atoms with E-state index >= 15 is 0 Å². The molecule has 0 aliphatic heterocycles. The van der Waals surface area contributed by atoms with Gasteiger partial charge in [0.2, 0.25) is 0 Å². The van der Waals surface area contributed by atoms with Crippen molar-refractivity contribution in [2.75, 3.05) is 11.6 Å². The smallest absolute Gasteiger partial charge is 0.292 e. The summed E-state index contributed by atoms with van der Waals surface area (Å²) in [5, 5.41) is 6.36. The summed E-state index contributed by atoms with van der Waals surface area (Å²) in [5.41, 5.74) is -0.118. The minimum absolute atomic E-state index is 0.342. The van der Waals surface area contributed by atoms with Crippen LogP contribution in [0.4, 0.5) is 5.82 Å². The van der Waals surface area contributed by atoms with E-state index in [-0.39, 0.29) is 5.56 Å². The van der Waals surface area contributed by atoms with Crippen molar-refractivity contribution in [1.82, 2.24) is 9.55 Å². The molecule has 0 radical (unpaired) electrons. The van der Waals surface area contributed by atoms with Gasteiger partial charge in [-0.2, -0.15) is 5.10 Å². The Labute approximate surface area is 126 Å². The first kappa shape index (κ1) is 15.1. The lowest BCUT2D eigenvalue weighted by Crippen LogP contribution is -2.34. The van der Waals surface area contributed by atoms with E-state index in [0.717, 1.165) is 10.1 Å². The molecule has 1 aromatic heterocycles. The molecule has 0 aliphatic rings. The Kier molecular flexibility index (Phi) is 4.59. The summed E-state index contributed by atoms with van der Waals surface area (Å²) in [6.07, 6.45) is 1.58. The predicted molar refractivity (Wildman–Crippen MR) is 84.4 cm³/mol. The van der Waals surface area contributed by atoms with E-state index in [1.54, 1.807) is 12.3 Å². The van der Waals surface area contributed by atoms with E-state index < -0.39 is 5.69 Å². The largest absolute Gasteiger partial charge is 0.329 e. The third kappa shape index (κ3) is 3.41. The van der Waals surface area contributed by atoms with Crippen molar-refractivity contribution in [1.29, 1.82) is 0 Å². The van der Waals surface area contributed by atoms with E-state index in [4.69, 9.17) is 11.6 Å². The van der Waals surface area contributed by atoms with E-state index in [1.807, 2.05) is 25.1 Å². The Bertz CT molecular complexity index is 748. The van der Waals surface area contributed by atoms with E-state index in [9.17, 15) is 9.59 Å². The Morgan fingerprint density at radius 1 is 1.38 bits per heavy atom. The number of rotatable bonds is 4. The molecule has 2 aromatic rings. The molecule has 0 saturated carbocycles. The SMILES string of the molecule is CCN(/N=C\c1ccccc1Cl)c1cc(=O)n(C)c(=O)[nH]1. The maximum absolute atomic E-state index is 11.7. The monoisotopic (exact) mass is 306 g/mol. The van der Waals surface area contributed by atoms with Gasteiger partial charge in [0.05, 0.1) is 6.21 Å². The lowest BCUT2D eigenvalue weighted by Gasteiger charge is -2.16. The van der Waals surface area contributed by atoms with Crippen molar-refractivity contribution in [2.45, 2.75) is 6.92 Å². The molecule has 0 spiro atoms. The van der Waals surface area contributed by atoms with Gasteiger partial charge < -0.3 is 0 Å². The molecule has 0 amide bonds. The average Bonchev–Trinajstić information content (AvgIpc) is 2.47. The Balaban J connectivity index is 2.35. The van der Waals surface area contributed by atoms with Crippen molar-refractivity contribution in [2.24, 2.45) is 12.1 Å². The van der Waals surface area contributed by atoms with E-state index in [2.05, 4.69) is 10.1 Å². The maximum Gasteiger partial charge on any atom is 0.329 e. The van der Waals surface area contributed by atoms with E-state index in [0.29, 0.717) is 17.4 Å². The lowest BCUT2D eigenvalue weighted by atomic mass is 10.2. The van der Waals surface area contributed by atoms with Gasteiger partial charge in [0.15, 0.2) is 0 Å². The molecule has 1 heterocycles. The summed E-state index contributed by atoms with van der Waals surface area (Å²) in [6.45, 7) is 2.35. The lowest BCUT2D eigenvalue weighted by molar-refractivity contribution is 0.756. The Morgan fingerprint density at radius 2 is 2.10 bits per heavy atom. The van der Waals surface area contributed by atoms with E-state index in [1.165, 1.54) is 18.1 Å². The number of nitrogens with zero attached hydrogens (tertiary/aromatic N) is 3. The highest BCUT2D eigenvalue weighted by Crippen LogP contribution is 2.13. The van der Waals surface area contributed by atoms with Crippen LogP contribution in [0.3, 0.4) is 0 Å². The van der Waals surface area contributed by atoms with Gasteiger partial charge >= 0.3 is 5.69 Å². The third-order valence-electron chi connectivity index (χ3n) is 2.95. The van der Waals surface area contributed by atoms with Crippen LogP contribution in [0, 0.1) is 0 Å². The number of hydrogen-bond acceptors (Lipinski definition) is 4. The summed E-state index contributed by atoms with van der Waals surface area (Å²) in [7, 11) is 1.41. The normalized spacial score (nSPS) is 11.0. The molecule has 110 valence electrons. The molecular weight excluding hydrogens is 292 g/mol. The average molecular weight is 307 g/mol. The van der Waals surface area contributed by atoms with Crippen LogP contribution in [0.25, 0.3) is 0 Å². The van der Waals surface area contributed by atoms with Crippen LogP contribution < -0.4 is 16.3 Å². The second-order valence-corrected chi connectivity index (χ2v) is 4.75. The number of hydrazone groups is 1. The first-order valence-corrected chi connectivity index (χ1v) is 6.77. The van der Waals surface area contributed by atoms with Crippen LogP contribution in [0.5, 0.6) is 0 Å². The van der Waals surface area contributed by atoms with Gasteiger partial charge in [-0.1, -0.05) is 29.8 Å². The van der Waals surface area contributed by atoms with Crippen LogP contribution >= 0.6 is 11.6 Å². The minimum Gasteiger partial charge on any atom is -0.292 e. The summed E-state index contributed by atoms with van der Waals surface area (Å²) in [6, 6.07) is 8.60. The van der Waals surface area contributed by atoms with Crippen molar-refractivity contribution in [3.8, 4) is 0 Å². The third-order valence-corrected chi connectivity index (χ3v) is 3.29. The second kappa shape index (κ2) is 6.41. The standard InChI is InChI=1S/C14H15ClN4O2/c1-3-19(12-8-13(20)18(2)14(21)17-12)16-9-10-6-4-5-7-11(10)15/h4-9H,3H2,1-2H3,(H,17,21)/b16-9-. The first-order valence-electron chi connectivity index (χ1n) is 6.39. The molecule has 0 atom stereocenters. The summed E-state index contributed by atoms with van der Waals surface area (Å²) >= 11 is 6.05. The number of anilines is 1. The Hall–Kier alpha value is -2.34. The number of aromatic nitrogens is 2. The highest BCUT2D eigenvalue weighted by atomic mass is 35.5. The zero-order valence-corrected chi connectivity index (χ0v) is 12.5. The molecular formula is C14H15ClN4O2. The molecule has 0 fully saturated rings. The quantitative estimate of drug-likeness (QED) is 0.689. The topological polar surface area (TPSA) is 70.5 Å². The number of hydrogen-bond donors (Lipinski definition) is 1. The molecule has 0 saturated heterocycles. The van der Waals surface area contributed by atoms with Crippen molar-refractivity contribution < 1.29 is 0 Å². The number of halogens is 1. The van der Waals surface area contributed by atoms with Gasteiger partial charge in [-0.25, -0.2) is 9.80 Å². The van der Waals surface area contributed by atoms with Crippen LogP contribution in [0.1, 0.15) is 12.5 Å².